The standard InChI is InChI=1S/C13H7F4N5S/c14-8-4-2-1-3-7(8)10-20-12(22-21-10)23-11-18-6-5-9(19-11)13(15,16)17/h1-6H,(H,20,21,22). The lowest BCUT2D eigenvalue weighted by molar-refractivity contribution is -0.141. The maximum atomic E-state index is 13.7. The Morgan fingerprint density at radius 2 is 1.78 bits per heavy atom. The Morgan fingerprint density at radius 3 is 2.52 bits per heavy atom. The third-order valence-electron chi connectivity index (χ3n) is 2.70. The van der Waals surface area contributed by atoms with Crippen LogP contribution in [0.2, 0.25) is 0 Å². The Kier molecular flexibility index (Phi) is 3.99. The maximum Gasteiger partial charge on any atom is 0.433 e. The molecular weight excluding hydrogens is 334 g/mol. The molecular formula is C13H7F4N5S. The number of aromatic amines is 1. The molecule has 0 amide bonds. The number of hydrogen-bond donors (Lipinski definition) is 1. The van der Waals surface area contributed by atoms with Gasteiger partial charge in [0, 0.05) is 6.20 Å². The molecule has 0 fully saturated rings. The lowest BCUT2D eigenvalue weighted by Crippen LogP contribution is -2.08. The number of aromatic nitrogens is 5. The Morgan fingerprint density at radius 1 is 1.00 bits per heavy atom. The lowest BCUT2D eigenvalue weighted by atomic mass is 10.2. The molecule has 3 rings (SSSR count). The van der Waals surface area contributed by atoms with Crippen molar-refractivity contribution in [1.29, 1.82) is 0 Å². The van der Waals surface area contributed by atoms with E-state index in [9.17, 15) is 17.6 Å². The van der Waals surface area contributed by atoms with E-state index in [1.807, 2.05) is 0 Å². The monoisotopic (exact) mass is 341 g/mol. The fourth-order valence-electron chi connectivity index (χ4n) is 1.70. The summed E-state index contributed by atoms with van der Waals surface area (Å²) in [6.07, 6.45) is -3.56. The summed E-state index contributed by atoms with van der Waals surface area (Å²) in [7, 11) is 0. The summed E-state index contributed by atoms with van der Waals surface area (Å²) in [6, 6.07) is 6.70. The fourth-order valence-corrected chi connectivity index (χ4v) is 2.34. The number of halogens is 4. The van der Waals surface area contributed by atoms with Crippen LogP contribution in [0.1, 0.15) is 5.69 Å². The normalized spacial score (nSPS) is 11.7. The average Bonchev–Trinajstić information content (AvgIpc) is 2.95. The third kappa shape index (κ3) is 3.47. The van der Waals surface area contributed by atoms with Gasteiger partial charge >= 0.3 is 6.18 Å². The van der Waals surface area contributed by atoms with Crippen molar-refractivity contribution in [2.45, 2.75) is 16.5 Å². The van der Waals surface area contributed by atoms with Gasteiger partial charge in [-0.05, 0) is 30.0 Å². The van der Waals surface area contributed by atoms with E-state index in [-0.39, 0.29) is 21.7 Å². The molecule has 2 aromatic heterocycles. The van der Waals surface area contributed by atoms with Crippen molar-refractivity contribution in [3.05, 3.63) is 48.0 Å². The van der Waals surface area contributed by atoms with Crippen molar-refractivity contribution in [2.75, 3.05) is 0 Å². The van der Waals surface area contributed by atoms with Gasteiger partial charge in [0.2, 0.25) is 5.16 Å². The van der Waals surface area contributed by atoms with Crippen LogP contribution >= 0.6 is 11.8 Å². The highest BCUT2D eigenvalue weighted by Gasteiger charge is 2.32. The third-order valence-corrected chi connectivity index (χ3v) is 3.44. The second kappa shape index (κ2) is 5.95. The summed E-state index contributed by atoms with van der Waals surface area (Å²) in [5.74, 6) is -0.326. The number of H-pyrrole nitrogens is 1. The van der Waals surface area contributed by atoms with Gasteiger partial charge in [-0.3, -0.25) is 5.10 Å². The van der Waals surface area contributed by atoms with E-state index in [2.05, 4.69) is 25.1 Å². The number of benzene rings is 1. The van der Waals surface area contributed by atoms with Crippen LogP contribution in [0.15, 0.2) is 46.8 Å². The molecule has 0 radical (unpaired) electrons. The number of hydrogen-bond acceptors (Lipinski definition) is 5. The van der Waals surface area contributed by atoms with Crippen molar-refractivity contribution in [3.63, 3.8) is 0 Å². The minimum atomic E-state index is -4.56. The first-order valence-electron chi connectivity index (χ1n) is 6.19. The van der Waals surface area contributed by atoms with Gasteiger partial charge in [-0.25, -0.2) is 19.3 Å². The molecule has 0 unspecified atom stereocenters. The Bertz CT molecular complexity index is 833. The van der Waals surface area contributed by atoms with Crippen LogP contribution in [0.5, 0.6) is 0 Å². The molecule has 1 aromatic carbocycles. The molecule has 1 N–H and O–H groups in total. The molecule has 0 aliphatic heterocycles. The quantitative estimate of drug-likeness (QED) is 0.583. The zero-order valence-corrected chi connectivity index (χ0v) is 12.0. The zero-order valence-electron chi connectivity index (χ0n) is 11.2. The van der Waals surface area contributed by atoms with E-state index in [4.69, 9.17) is 0 Å². The van der Waals surface area contributed by atoms with E-state index < -0.39 is 17.7 Å². The van der Waals surface area contributed by atoms with Gasteiger partial charge in [0.1, 0.15) is 11.5 Å². The van der Waals surface area contributed by atoms with E-state index >= 15 is 0 Å². The first-order valence-corrected chi connectivity index (χ1v) is 7.00. The van der Waals surface area contributed by atoms with E-state index in [0.29, 0.717) is 0 Å². The van der Waals surface area contributed by atoms with Crippen LogP contribution in [-0.2, 0) is 6.18 Å². The van der Waals surface area contributed by atoms with Gasteiger partial charge in [0.25, 0.3) is 0 Å². The van der Waals surface area contributed by atoms with Crippen molar-refractivity contribution < 1.29 is 17.6 Å². The van der Waals surface area contributed by atoms with Crippen molar-refractivity contribution >= 4 is 11.8 Å². The lowest BCUT2D eigenvalue weighted by Gasteiger charge is -2.05. The Labute approximate surface area is 131 Å². The average molecular weight is 341 g/mol. The summed E-state index contributed by atoms with van der Waals surface area (Å²) >= 11 is 0.741. The number of alkyl halides is 3. The number of nitrogens with zero attached hydrogens (tertiary/aromatic N) is 4. The number of rotatable bonds is 3. The summed E-state index contributed by atoms with van der Waals surface area (Å²) < 4.78 is 51.4. The van der Waals surface area contributed by atoms with Crippen molar-refractivity contribution in [1.82, 2.24) is 25.1 Å². The molecule has 10 heteroatoms. The second-order valence-corrected chi connectivity index (χ2v) is 5.21. The molecule has 0 bridgehead atoms. The Balaban J connectivity index is 1.84. The smallest absolute Gasteiger partial charge is 0.258 e. The van der Waals surface area contributed by atoms with Gasteiger partial charge in [0.15, 0.2) is 11.0 Å². The topological polar surface area (TPSA) is 67.3 Å². The summed E-state index contributed by atoms with van der Waals surface area (Å²) in [4.78, 5) is 11.2. The minimum absolute atomic E-state index is 0.0857. The maximum absolute atomic E-state index is 13.7. The Hall–Kier alpha value is -2.49. The molecule has 0 saturated heterocycles. The highest BCUT2D eigenvalue weighted by Crippen LogP contribution is 2.30. The van der Waals surface area contributed by atoms with Gasteiger partial charge in [-0.2, -0.15) is 13.2 Å². The molecule has 118 valence electrons. The predicted octanol–water partition coefficient (Wildman–Crippen LogP) is 3.57. The summed E-state index contributed by atoms with van der Waals surface area (Å²) in [5.41, 5.74) is -0.850. The van der Waals surface area contributed by atoms with Crippen LogP contribution in [0.25, 0.3) is 11.4 Å². The molecule has 0 aliphatic rings. The van der Waals surface area contributed by atoms with Crippen LogP contribution in [-0.4, -0.2) is 25.1 Å². The molecule has 3 aromatic rings. The van der Waals surface area contributed by atoms with Crippen molar-refractivity contribution in [2.24, 2.45) is 0 Å². The van der Waals surface area contributed by atoms with Gasteiger partial charge < -0.3 is 0 Å². The zero-order chi connectivity index (χ0) is 16.4. The van der Waals surface area contributed by atoms with Crippen LogP contribution < -0.4 is 0 Å². The van der Waals surface area contributed by atoms with Gasteiger partial charge in [0.05, 0.1) is 5.56 Å². The fraction of sp³-hybridized carbons (Fsp3) is 0.0769. The molecule has 5 nitrogen and oxygen atoms in total. The summed E-state index contributed by atoms with van der Waals surface area (Å²) in [6.45, 7) is 0. The minimum Gasteiger partial charge on any atom is -0.258 e. The van der Waals surface area contributed by atoms with Crippen LogP contribution in [0.3, 0.4) is 0 Å². The van der Waals surface area contributed by atoms with E-state index in [1.165, 1.54) is 18.2 Å². The molecule has 0 aliphatic carbocycles. The van der Waals surface area contributed by atoms with Crippen LogP contribution in [0, 0.1) is 5.82 Å². The van der Waals surface area contributed by atoms with E-state index in [0.717, 1.165) is 24.0 Å². The highest BCUT2D eigenvalue weighted by atomic mass is 32.2. The molecule has 23 heavy (non-hydrogen) atoms. The SMILES string of the molecule is Fc1ccccc1-c1nc(Sc2nccc(C(F)(F)F)n2)n[nH]1. The first kappa shape index (κ1) is 15.4. The second-order valence-electron chi connectivity index (χ2n) is 4.27. The molecule has 2 heterocycles. The molecule has 0 saturated carbocycles. The predicted molar refractivity (Wildman–Crippen MR) is 72.9 cm³/mol. The van der Waals surface area contributed by atoms with Crippen molar-refractivity contribution in [3.8, 4) is 11.4 Å². The first-order chi connectivity index (χ1) is 10.9. The summed E-state index contributed by atoms with van der Waals surface area (Å²) in [5, 5.41) is 6.28. The largest absolute Gasteiger partial charge is 0.433 e. The van der Waals surface area contributed by atoms with E-state index in [1.54, 1.807) is 6.07 Å². The molecule has 0 spiro atoms. The molecule has 0 atom stereocenters. The van der Waals surface area contributed by atoms with Gasteiger partial charge in [-0.1, -0.05) is 12.1 Å². The van der Waals surface area contributed by atoms with Crippen LogP contribution in [0.4, 0.5) is 17.6 Å². The number of nitrogens with one attached hydrogen (secondary N) is 1. The van der Waals surface area contributed by atoms with Gasteiger partial charge in [-0.15, -0.1) is 5.10 Å². The highest BCUT2D eigenvalue weighted by molar-refractivity contribution is 7.99.